The summed E-state index contributed by atoms with van der Waals surface area (Å²) < 4.78 is 38.5. The Morgan fingerprint density at radius 1 is 1.32 bits per heavy atom. The zero-order valence-corrected chi connectivity index (χ0v) is 15.1. The second-order valence-corrected chi connectivity index (χ2v) is 7.28. The van der Waals surface area contributed by atoms with Crippen LogP contribution < -0.4 is 4.90 Å². The van der Waals surface area contributed by atoms with Crippen molar-refractivity contribution >= 4 is 35.1 Å². The molecule has 0 radical (unpaired) electrons. The van der Waals surface area contributed by atoms with Crippen molar-refractivity contribution in [2.75, 3.05) is 11.4 Å². The lowest BCUT2D eigenvalue weighted by molar-refractivity contribution is -0.188. The van der Waals surface area contributed by atoms with Gasteiger partial charge in [0.2, 0.25) is 0 Å². The molecule has 3 atom stereocenters. The summed E-state index contributed by atoms with van der Waals surface area (Å²) in [6, 6.07) is 1.16. The molecule has 4 amide bonds. The third kappa shape index (κ3) is 2.32. The van der Waals surface area contributed by atoms with Gasteiger partial charge in [-0.1, -0.05) is 11.6 Å². The predicted octanol–water partition coefficient (Wildman–Crippen LogP) is 2.20. The molecule has 3 aliphatic heterocycles. The highest BCUT2D eigenvalue weighted by Gasteiger charge is 2.64. The number of urea groups is 1. The monoisotopic (exact) mass is 412 g/mol. The van der Waals surface area contributed by atoms with Crippen molar-refractivity contribution in [3.63, 3.8) is 0 Å². The molecule has 2 bridgehead atoms. The first kappa shape index (κ1) is 18.6. The molecule has 0 aliphatic carbocycles. The number of nitrogens with zero attached hydrogens (tertiary/aromatic N) is 4. The number of carbonyl (C=O) groups is 3. The van der Waals surface area contributed by atoms with Gasteiger partial charge in [-0.2, -0.15) is 18.4 Å². The molecule has 0 aromatic heterocycles. The van der Waals surface area contributed by atoms with Crippen LogP contribution in [-0.4, -0.2) is 58.5 Å². The Labute approximate surface area is 161 Å². The molecule has 0 spiro atoms. The lowest BCUT2D eigenvalue weighted by atomic mass is 10.1. The summed E-state index contributed by atoms with van der Waals surface area (Å²) in [5.74, 6) is -2.71. The number of hydrogen-bond acceptors (Lipinski definition) is 4. The van der Waals surface area contributed by atoms with Gasteiger partial charge in [-0.05, 0) is 31.0 Å². The number of benzene rings is 1. The largest absolute Gasteiger partial charge is 0.471 e. The van der Waals surface area contributed by atoms with Crippen LogP contribution in [0.25, 0.3) is 0 Å². The molecule has 3 aliphatic rings. The molecular formula is C17H12ClF3N4O3. The summed E-state index contributed by atoms with van der Waals surface area (Å²) in [4.78, 5) is 40.3. The van der Waals surface area contributed by atoms with E-state index in [1.165, 1.54) is 24.0 Å². The Hall–Kier alpha value is -2.80. The summed E-state index contributed by atoms with van der Waals surface area (Å²) >= 11 is 6.11. The molecule has 146 valence electrons. The normalized spacial score (nSPS) is 26.1. The number of likely N-dealkylation sites (tertiary alicyclic amines) is 1. The maximum atomic E-state index is 13.0. The molecule has 1 aromatic rings. The van der Waals surface area contributed by atoms with Gasteiger partial charge in [0.15, 0.2) is 0 Å². The molecule has 0 N–H and O–H groups in total. The Balaban J connectivity index is 1.70. The van der Waals surface area contributed by atoms with Crippen LogP contribution in [0, 0.1) is 18.3 Å². The number of hydrogen-bond donors (Lipinski definition) is 0. The molecule has 1 aromatic carbocycles. The number of alkyl halides is 3. The fourth-order valence-corrected chi connectivity index (χ4v) is 4.48. The van der Waals surface area contributed by atoms with Crippen LogP contribution in [0.3, 0.4) is 0 Å². The second-order valence-electron chi connectivity index (χ2n) is 6.90. The number of imide groups is 1. The lowest BCUT2D eigenvalue weighted by Gasteiger charge is -2.35. The van der Waals surface area contributed by atoms with Gasteiger partial charge in [0.1, 0.15) is 12.1 Å². The van der Waals surface area contributed by atoms with Crippen molar-refractivity contribution in [3.05, 3.63) is 28.3 Å². The van der Waals surface area contributed by atoms with E-state index >= 15 is 0 Å². The van der Waals surface area contributed by atoms with Crippen LogP contribution in [0.5, 0.6) is 0 Å². The van der Waals surface area contributed by atoms with E-state index in [2.05, 4.69) is 0 Å². The molecule has 4 rings (SSSR count). The van der Waals surface area contributed by atoms with Crippen LogP contribution in [0.2, 0.25) is 5.02 Å². The van der Waals surface area contributed by atoms with Crippen molar-refractivity contribution in [2.24, 2.45) is 0 Å². The minimum absolute atomic E-state index is 0.0875. The highest BCUT2D eigenvalue weighted by atomic mass is 35.5. The topological polar surface area (TPSA) is 84.7 Å². The fourth-order valence-electron chi connectivity index (χ4n) is 4.28. The van der Waals surface area contributed by atoms with Gasteiger partial charge in [-0.25, -0.2) is 9.69 Å². The number of carbonyl (C=O) groups excluding carboxylic acids is 3. The van der Waals surface area contributed by atoms with E-state index in [9.17, 15) is 27.6 Å². The Bertz CT molecular complexity index is 974. The summed E-state index contributed by atoms with van der Waals surface area (Å²) in [6.07, 6.45) is -4.91. The van der Waals surface area contributed by atoms with E-state index in [0.29, 0.717) is 10.5 Å². The molecule has 3 fully saturated rings. The van der Waals surface area contributed by atoms with Crippen LogP contribution in [0.15, 0.2) is 12.1 Å². The molecule has 28 heavy (non-hydrogen) atoms. The maximum Gasteiger partial charge on any atom is 0.471 e. The van der Waals surface area contributed by atoms with E-state index in [4.69, 9.17) is 16.9 Å². The summed E-state index contributed by atoms with van der Waals surface area (Å²) in [5, 5.41) is 9.13. The average molecular weight is 413 g/mol. The van der Waals surface area contributed by atoms with Gasteiger partial charge in [0.05, 0.1) is 28.4 Å². The molecule has 2 unspecified atom stereocenters. The van der Waals surface area contributed by atoms with Crippen LogP contribution in [0.4, 0.5) is 23.7 Å². The standard InChI is InChI=1S/C17H12ClF3N4O3/c1-7-10(3-2-8(5-22)12(7)18)25-14(26)13-11-4-9(24(13)16(25)28)6-23(11)15(27)17(19,20)21/h2-3,9,11,13H,4,6H2,1H3/t9-,11?,13?/m1/s1. The molecular weight excluding hydrogens is 401 g/mol. The molecule has 11 heteroatoms. The minimum atomic E-state index is -5.04. The van der Waals surface area contributed by atoms with E-state index in [-0.39, 0.29) is 29.2 Å². The minimum Gasteiger partial charge on any atom is -0.327 e. The van der Waals surface area contributed by atoms with Gasteiger partial charge < -0.3 is 9.80 Å². The molecule has 0 saturated carbocycles. The van der Waals surface area contributed by atoms with E-state index in [1.807, 2.05) is 6.07 Å². The quantitative estimate of drug-likeness (QED) is 0.662. The first-order valence-electron chi connectivity index (χ1n) is 8.31. The first-order valence-corrected chi connectivity index (χ1v) is 8.69. The van der Waals surface area contributed by atoms with Crippen molar-refractivity contribution in [1.82, 2.24) is 9.80 Å². The van der Waals surface area contributed by atoms with Gasteiger partial charge in [-0.15, -0.1) is 0 Å². The van der Waals surface area contributed by atoms with Crippen molar-refractivity contribution in [1.29, 1.82) is 5.26 Å². The predicted molar refractivity (Wildman–Crippen MR) is 89.4 cm³/mol. The number of halogens is 4. The Kier molecular flexibility index (Phi) is 3.88. The number of piperazine rings is 1. The van der Waals surface area contributed by atoms with Crippen LogP contribution >= 0.6 is 11.6 Å². The summed E-state index contributed by atoms with van der Waals surface area (Å²) in [5.41, 5.74) is 0.671. The van der Waals surface area contributed by atoms with Gasteiger partial charge in [0.25, 0.3) is 5.91 Å². The highest BCUT2D eigenvalue weighted by Crippen LogP contribution is 2.44. The van der Waals surface area contributed by atoms with Gasteiger partial charge >= 0.3 is 18.1 Å². The second kappa shape index (κ2) is 5.85. The van der Waals surface area contributed by atoms with Gasteiger partial charge in [-0.3, -0.25) is 9.59 Å². The maximum absolute atomic E-state index is 13.0. The number of amides is 4. The number of rotatable bonds is 1. The number of fused-ring (bicyclic) bond motifs is 5. The van der Waals surface area contributed by atoms with Crippen LogP contribution in [0.1, 0.15) is 17.5 Å². The van der Waals surface area contributed by atoms with Crippen LogP contribution in [-0.2, 0) is 9.59 Å². The van der Waals surface area contributed by atoms with Crippen molar-refractivity contribution in [3.8, 4) is 6.07 Å². The zero-order chi connectivity index (χ0) is 20.5. The highest BCUT2D eigenvalue weighted by molar-refractivity contribution is 6.33. The third-order valence-corrected chi connectivity index (χ3v) is 5.97. The SMILES string of the molecule is Cc1c(N2C(=O)C3C4C[C@H](CN4C(=O)C(F)(F)F)N3C2=O)ccc(C#N)c1Cl. The fraction of sp³-hybridized carbons (Fsp3) is 0.412. The van der Waals surface area contributed by atoms with Gasteiger partial charge in [0, 0.05) is 6.54 Å². The average Bonchev–Trinajstić information content (AvgIpc) is 3.28. The Morgan fingerprint density at radius 2 is 2.00 bits per heavy atom. The summed E-state index contributed by atoms with van der Waals surface area (Å²) in [7, 11) is 0. The Morgan fingerprint density at radius 3 is 2.61 bits per heavy atom. The summed E-state index contributed by atoms with van der Waals surface area (Å²) in [6.45, 7) is 1.27. The first-order chi connectivity index (χ1) is 13.1. The van der Waals surface area contributed by atoms with Crippen molar-refractivity contribution in [2.45, 2.75) is 37.6 Å². The van der Waals surface area contributed by atoms with E-state index < -0.39 is 42.1 Å². The van der Waals surface area contributed by atoms with E-state index in [0.717, 1.165) is 4.90 Å². The molecule has 3 heterocycles. The molecule has 7 nitrogen and oxygen atoms in total. The lowest BCUT2D eigenvalue weighted by Crippen LogP contribution is -2.57. The van der Waals surface area contributed by atoms with Crippen molar-refractivity contribution < 1.29 is 27.6 Å². The smallest absolute Gasteiger partial charge is 0.327 e. The van der Waals surface area contributed by atoms with E-state index in [1.54, 1.807) is 0 Å². The zero-order valence-electron chi connectivity index (χ0n) is 14.3. The number of nitriles is 1. The number of anilines is 1. The molecule has 3 saturated heterocycles. The third-order valence-electron chi connectivity index (χ3n) is 5.49.